The monoisotopic (exact) mass is 298 g/mol. The van der Waals surface area contributed by atoms with Crippen LogP contribution in [-0.2, 0) is 13.2 Å². The SMILES string of the molecule is C[NH+](Cc1cccc(F)c1)Cn1ncc(=O)c2ccccc21. The van der Waals surface area contributed by atoms with Gasteiger partial charge in [0, 0.05) is 10.9 Å². The number of quaternary nitrogens is 1. The zero-order valence-corrected chi connectivity index (χ0v) is 12.3. The number of benzene rings is 2. The molecule has 0 aliphatic heterocycles. The molecule has 4 nitrogen and oxygen atoms in total. The molecule has 1 heterocycles. The second kappa shape index (κ2) is 6.07. The molecule has 5 heteroatoms. The third kappa shape index (κ3) is 3.04. The Hall–Kier alpha value is -2.53. The molecule has 1 N–H and O–H groups in total. The fourth-order valence-electron chi connectivity index (χ4n) is 2.59. The minimum absolute atomic E-state index is 0.0744. The van der Waals surface area contributed by atoms with E-state index in [4.69, 9.17) is 0 Å². The predicted octanol–water partition coefficient (Wildman–Crippen LogP) is 1.21. The van der Waals surface area contributed by atoms with Gasteiger partial charge in [-0.3, -0.25) is 4.79 Å². The molecule has 112 valence electrons. The van der Waals surface area contributed by atoms with E-state index in [1.807, 2.05) is 36.0 Å². The summed E-state index contributed by atoms with van der Waals surface area (Å²) in [6, 6.07) is 14.0. The van der Waals surface area contributed by atoms with Crippen LogP contribution < -0.4 is 10.3 Å². The molecule has 0 fully saturated rings. The van der Waals surface area contributed by atoms with Gasteiger partial charge in [0.25, 0.3) is 0 Å². The summed E-state index contributed by atoms with van der Waals surface area (Å²) in [6.07, 6.45) is 1.35. The summed E-state index contributed by atoms with van der Waals surface area (Å²) in [5.74, 6) is -0.225. The van der Waals surface area contributed by atoms with Gasteiger partial charge >= 0.3 is 0 Å². The molecule has 22 heavy (non-hydrogen) atoms. The van der Waals surface area contributed by atoms with E-state index in [0.29, 0.717) is 18.6 Å². The molecule has 1 aromatic heterocycles. The zero-order chi connectivity index (χ0) is 15.5. The van der Waals surface area contributed by atoms with Crippen LogP contribution in [0.5, 0.6) is 0 Å². The molecule has 0 aliphatic rings. The lowest BCUT2D eigenvalue weighted by Crippen LogP contribution is -3.07. The van der Waals surface area contributed by atoms with Crippen LogP contribution in [0, 0.1) is 5.82 Å². The van der Waals surface area contributed by atoms with E-state index in [1.54, 1.807) is 18.2 Å². The number of hydrogen-bond acceptors (Lipinski definition) is 2. The molecule has 0 saturated heterocycles. The van der Waals surface area contributed by atoms with Crippen LogP contribution in [0.1, 0.15) is 5.56 Å². The van der Waals surface area contributed by atoms with Crippen LogP contribution >= 0.6 is 0 Å². The highest BCUT2D eigenvalue weighted by Gasteiger charge is 2.09. The van der Waals surface area contributed by atoms with E-state index in [9.17, 15) is 9.18 Å². The van der Waals surface area contributed by atoms with Gasteiger partial charge in [-0.1, -0.05) is 24.3 Å². The van der Waals surface area contributed by atoms with E-state index in [1.165, 1.54) is 12.3 Å². The van der Waals surface area contributed by atoms with Crippen molar-refractivity contribution in [2.45, 2.75) is 13.2 Å². The van der Waals surface area contributed by atoms with Crippen molar-refractivity contribution in [3.05, 3.63) is 76.3 Å². The van der Waals surface area contributed by atoms with Gasteiger partial charge < -0.3 is 4.90 Å². The van der Waals surface area contributed by atoms with Crippen LogP contribution in [0.15, 0.2) is 59.5 Å². The Morgan fingerprint density at radius 2 is 2.00 bits per heavy atom. The average Bonchev–Trinajstić information content (AvgIpc) is 2.50. The van der Waals surface area contributed by atoms with Crippen molar-refractivity contribution in [2.75, 3.05) is 7.05 Å². The van der Waals surface area contributed by atoms with Gasteiger partial charge in [-0.25, -0.2) is 9.07 Å². The van der Waals surface area contributed by atoms with Crippen LogP contribution in [0.4, 0.5) is 4.39 Å². The van der Waals surface area contributed by atoms with Crippen molar-refractivity contribution in [2.24, 2.45) is 0 Å². The maximum atomic E-state index is 13.2. The number of halogens is 1. The van der Waals surface area contributed by atoms with E-state index in [0.717, 1.165) is 16.0 Å². The number of rotatable bonds is 4. The fraction of sp³-hybridized carbons (Fsp3) is 0.176. The van der Waals surface area contributed by atoms with Crippen molar-refractivity contribution < 1.29 is 9.29 Å². The van der Waals surface area contributed by atoms with Crippen molar-refractivity contribution >= 4 is 10.9 Å². The predicted molar refractivity (Wildman–Crippen MR) is 83.0 cm³/mol. The maximum absolute atomic E-state index is 13.2. The molecule has 0 amide bonds. The summed E-state index contributed by atoms with van der Waals surface area (Å²) >= 11 is 0. The molecule has 1 atom stereocenters. The highest BCUT2D eigenvalue weighted by molar-refractivity contribution is 5.77. The first-order valence-corrected chi connectivity index (χ1v) is 7.14. The molecule has 0 aliphatic carbocycles. The van der Waals surface area contributed by atoms with E-state index >= 15 is 0 Å². The first kappa shape index (κ1) is 14.4. The summed E-state index contributed by atoms with van der Waals surface area (Å²) in [7, 11) is 2.01. The standard InChI is InChI=1S/C17H16FN3O/c1-20(11-13-5-4-6-14(18)9-13)12-21-16-8-3-2-7-15(16)17(22)10-19-21/h2-10H,11-12H2,1H3/p+1. The summed E-state index contributed by atoms with van der Waals surface area (Å²) < 4.78 is 15.0. The number of nitrogens with zero attached hydrogens (tertiary/aromatic N) is 2. The second-order valence-electron chi connectivity index (χ2n) is 5.45. The van der Waals surface area contributed by atoms with E-state index in [2.05, 4.69) is 5.10 Å². The highest BCUT2D eigenvalue weighted by Crippen LogP contribution is 2.06. The Morgan fingerprint density at radius 1 is 1.18 bits per heavy atom. The topological polar surface area (TPSA) is 39.3 Å². The van der Waals surface area contributed by atoms with Gasteiger partial charge in [0.2, 0.25) is 5.43 Å². The number of para-hydroxylation sites is 1. The van der Waals surface area contributed by atoms with E-state index in [-0.39, 0.29) is 11.2 Å². The molecule has 0 saturated carbocycles. The normalized spacial score (nSPS) is 12.5. The molecule has 0 radical (unpaired) electrons. The van der Waals surface area contributed by atoms with Crippen LogP contribution in [0.3, 0.4) is 0 Å². The number of aromatic nitrogens is 2. The molecule has 0 bridgehead atoms. The van der Waals surface area contributed by atoms with Gasteiger partial charge in [-0.15, -0.1) is 0 Å². The van der Waals surface area contributed by atoms with Crippen molar-refractivity contribution in [1.82, 2.24) is 9.78 Å². The van der Waals surface area contributed by atoms with E-state index < -0.39 is 0 Å². The number of hydrogen-bond donors (Lipinski definition) is 1. The van der Waals surface area contributed by atoms with Crippen molar-refractivity contribution in [1.29, 1.82) is 0 Å². The molecule has 3 aromatic rings. The van der Waals surface area contributed by atoms with Gasteiger partial charge in [-0.2, -0.15) is 5.10 Å². The first-order valence-electron chi connectivity index (χ1n) is 7.14. The third-order valence-electron chi connectivity index (χ3n) is 3.58. The van der Waals surface area contributed by atoms with Crippen LogP contribution in [0.2, 0.25) is 0 Å². The van der Waals surface area contributed by atoms with Crippen molar-refractivity contribution in [3.8, 4) is 0 Å². The Balaban J connectivity index is 1.84. The smallest absolute Gasteiger partial charge is 0.207 e. The summed E-state index contributed by atoms with van der Waals surface area (Å²) in [5, 5.41) is 4.88. The first-order chi connectivity index (χ1) is 10.6. The van der Waals surface area contributed by atoms with Gasteiger partial charge in [0.05, 0.1) is 18.8 Å². The molecular weight excluding hydrogens is 281 g/mol. The highest BCUT2D eigenvalue weighted by atomic mass is 19.1. The Bertz CT molecular complexity index is 860. The molecule has 2 aromatic carbocycles. The quantitative estimate of drug-likeness (QED) is 0.786. The summed E-state index contributed by atoms with van der Waals surface area (Å²) in [6.45, 7) is 1.27. The second-order valence-corrected chi connectivity index (χ2v) is 5.45. The number of fused-ring (bicyclic) bond motifs is 1. The molecule has 3 rings (SSSR count). The zero-order valence-electron chi connectivity index (χ0n) is 12.3. The maximum Gasteiger partial charge on any atom is 0.207 e. The average molecular weight is 298 g/mol. The molecule has 0 spiro atoms. The van der Waals surface area contributed by atoms with Gasteiger partial charge in [0.15, 0.2) is 6.67 Å². The lowest BCUT2D eigenvalue weighted by Gasteiger charge is -2.16. The number of nitrogens with one attached hydrogen (secondary N) is 1. The minimum Gasteiger partial charge on any atom is -0.315 e. The van der Waals surface area contributed by atoms with Gasteiger partial charge in [0.1, 0.15) is 12.4 Å². The Morgan fingerprint density at radius 3 is 2.82 bits per heavy atom. The Labute approximate surface area is 127 Å². The molecule has 1 unspecified atom stereocenters. The van der Waals surface area contributed by atoms with Crippen molar-refractivity contribution in [3.63, 3.8) is 0 Å². The summed E-state index contributed by atoms with van der Waals surface area (Å²) in [4.78, 5) is 13.0. The van der Waals surface area contributed by atoms with Crippen LogP contribution in [-0.4, -0.2) is 16.8 Å². The lowest BCUT2D eigenvalue weighted by atomic mass is 10.2. The fourth-order valence-corrected chi connectivity index (χ4v) is 2.59. The largest absolute Gasteiger partial charge is 0.315 e. The lowest BCUT2D eigenvalue weighted by molar-refractivity contribution is -0.917. The third-order valence-corrected chi connectivity index (χ3v) is 3.58. The minimum atomic E-state index is -0.225. The Kier molecular flexibility index (Phi) is 3.98. The summed E-state index contributed by atoms with van der Waals surface area (Å²) in [5.41, 5.74) is 1.67. The molecular formula is C17H17FN3O+. The van der Waals surface area contributed by atoms with Crippen LogP contribution in [0.25, 0.3) is 10.9 Å². The van der Waals surface area contributed by atoms with Gasteiger partial charge in [-0.05, 0) is 24.3 Å².